The minimum Gasteiger partial charge on any atom is -0.341 e. The largest absolute Gasteiger partial charge is 0.341 e. The van der Waals surface area contributed by atoms with E-state index in [1.54, 1.807) is 0 Å². The van der Waals surface area contributed by atoms with E-state index in [4.69, 9.17) is 0 Å². The highest BCUT2D eigenvalue weighted by molar-refractivity contribution is 5.93. The summed E-state index contributed by atoms with van der Waals surface area (Å²) in [5.74, 6) is 0.137. The molecule has 23 heavy (non-hydrogen) atoms. The molecule has 1 aliphatic rings. The van der Waals surface area contributed by atoms with Crippen LogP contribution in [-0.2, 0) is 0 Å². The molecule has 4 heteroatoms. The van der Waals surface area contributed by atoms with Crippen molar-refractivity contribution in [3.05, 3.63) is 59.9 Å². The Hall–Kier alpha value is -2.07. The summed E-state index contributed by atoms with van der Waals surface area (Å²) in [7, 11) is 2.14. The van der Waals surface area contributed by atoms with Crippen molar-refractivity contribution < 1.29 is 4.79 Å². The van der Waals surface area contributed by atoms with E-state index in [1.807, 2.05) is 29.3 Å². The Morgan fingerprint density at radius 2 is 1.83 bits per heavy atom. The van der Waals surface area contributed by atoms with Gasteiger partial charge >= 0.3 is 0 Å². The lowest BCUT2D eigenvalue weighted by Gasteiger charge is -2.39. The molecule has 1 fully saturated rings. The maximum absolute atomic E-state index is 13.0. The van der Waals surface area contributed by atoms with Gasteiger partial charge < -0.3 is 9.47 Å². The van der Waals surface area contributed by atoms with Gasteiger partial charge in [0.1, 0.15) is 5.69 Å². The van der Waals surface area contributed by atoms with E-state index in [0.29, 0.717) is 6.04 Å². The second kappa shape index (κ2) is 6.59. The maximum atomic E-state index is 13.0. The molecule has 1 aliphatic heterocycles. The molecule has 2 aromatic rings. The van der Waals surface area contributed by atoms with Gasteiger partial charge in [0.15, 0.2) is 0 Å². The molecule has 1 amide bonds. The molecule has 4 nitrogen and oxygen atoms in total. The Morgan fingerprint density at radius 3 is 2.52 bits per heavy atom. The fourth-order valence-electron chi connectivity index (χ4n) is 3.28. The fourth-order valence-corrected chi connectivity index (χ4v) is 3.28. The zero-order valence-electron chi connectivity index (χ0n) is 14.1. The van der Waals surface area contributed by atoms with Crippen LogP contribution in [0.1, 0.15) is 42.0 Å². The SMILES string of the molecule is CC(C)n1cccc1C(=O)N1CCN(C)[C@@H](c2ccccc2)C1. The van der Waals surface area contributed by atoms with Crippen LogP contribution < -0.4 is 0 Å². The number of likely N-dealkylation sites (N-methyl/N-ethyl adjacent to an activating group) is 1. The first kappa shape index (κ1) is 15.8. The summed E-state index contributed by atoms with van der Waals surface area (Å²) < 4.78 is 2.05. The number of carbonyl (C=O) groups excluding carboxylic acids is 1. The monoisotopic (exact) mass is 311 g/mol. The quantitative estimate of drug-likeness (QED) is 0.871. The third kappa shape index (κ3) is 3.17. The summed E-state index contributed by atoms with van der Waals surface area (Å²) in [6.45, 7) is 6.62. The minimum absolute atomic E-state index is 0.137. The molecule has 1 atom stereocenters. The summed E-state index contributed by atoms with van der Waals surface area (Å²) in [6.07, 6.45) is 1.99. The van der Waals surface area contributed by atoms with E-state index in [-0.39, 0.29) is 11.9 Å². The number of hydrogen-bond donors (Lipinski definition) is 0. The Balaban J connectivity index is 1.81. The van der Waals surface area contributed by atoms with Crippen LogP contribution in [0.15, 0.2) is 48.7 Å². The average molecular weight is 311 g/mol. The van der Waals surface area contributed by atoms with Gasteiger partial charge in [0.05, 0.1) is 6.04 Å². The highest BCUT2D eigenvalue weighted by atomic mass is 16.2. The molecule has 1 aromatic carbocycles. The lowest BCUT2D eigenvalue weighted by molar-refractivity contribution is 0.0535. The Labute approximate surface area is 138 Å². The zero-order valence-corrected chi connectivity index (χ0v) is 14.1. The van der Waals surface area contributed by atoms with E-state index in [0.717, 1.165) is 25.3 Å². The molecule has 1 saturated heterocycles. The van der Waals surface area contributed by atoms with Crippen molar-refractivity contribution in [1.82, 2.24) is 14.4 Å². The van der Waals surface area contributed by atoms with Crippen molar-refractivity contribution >= 4 is 5.91 Å². The number of amides is 1. The number of nitrogens with zero attached hydrogens (tertiary/aromatic N) is 3. The molecular weight excluding hydrogens is 286 g/mol. The molecule has 0 unspecified atom stereocenters. The van der Waals surface area contributed by atoms with Gasteiger partial charge in [0.25, 0.3) is 5.91 Å². The minimum atomic E-state index is 0.137. The highest BCUT2D eigenvalue weighted by Gasteiger charge is 2.30. The highest BCUT2D eigenvalue weighted by Crippen LogP contribution is 2.25. The van der Waals surface area contributed by atoms with Gasteiger partial charge in [-0.1, -0.05) is 30.3 Å². The standard InChI is InChI=1S/C19H25N3O/c1-15(2)22-11-7-10-17(22)19(23)21-13-12-20(3)18(14-21)16-8-5-4-6-9-16/h4-11,15,18H,12-14H2,1-3H3/t18-/m1/s1. The number of benzene rings is 1. The molecule has 0 N–H and O–H groups in total. The van der Waals surface area contributed by atoms with Crippen LogP contribution in [0.3, 0.4) is 0 Å². The van der Waals surface area contributed by atoms with Gasteiger partial charge in [-0.2, -0.15) is 0 Å². The van der Waals surface area contributed by atoms with E-state index < -0.39 is 0 Å². The molecule has 122 valence electrons. The lowest BCUT2D eigenvalue weighted by atomic mass is 10.0. The van der Waals surface area contributed by atoms with E-state index in [9.17, 15) is 4.79 Å². The molecule has 0 bridgehead atoms. The summed E-state index contributed by atoms with van der Waals surface area (Å²) in [4.78, 5) is 17.3. The second-order valence-electron chi connectivity index (χ2n) is 6.55. The summed E-state index contributed by atoms with van der Waals surface area (Å²) in [5.41, 5.74) is 2.06. The van der Waals surface area contributed by atoms with Gasteiger partial charge in [-0.25, -0.2) is 0 Å². The normalized spacial score (nSPS) is 19.3. The third-order valence-electron chi connectivity index (χ3n) is 4.67. The molecule has 0 saturated carbocycles. The van der Waals surface area contributed by atoms with Crippen LogP contribution in [0.25, 0.3) is 0 Å². The van der Waals surface area contributed by atoms with E-state index >= 15 is 0 Å². The predicted octanol–water partition coefficient (Wildman–Crippen LogP) is 3.20. The lowest BCUT2D eigenvalue weighted by Crippen LogP contribution is -2.49. The summed E-state index contributed by atoms with van der Waals surface area (Å²) in [5, 5.41) is 0. The van der Waals surface area contributed by atoms with E-state index in [1.165, 1.54) is 5.56 Å². The van der Waals surface area contributed by atoms with Crippen LogP contribution in [-0.4, -0.2) is 47.0 Å². The average Bonchev–Trinajstić information content (AvgIpc) is 3.05. The number of rotatable bonds is 3. The first-order chi connectivity index (χ1) is 11.1. The van der Waals surface area contributed by atoms with Crippen LogP contribution in [0.2, 0.25) is 0 Å². The number of carbonyl (C=O) groups is 1. The van der Waals surface area contributed by atoms with Gasteiger partial charge in [-0.3, -0.25) is 9.69 Å². The molecule has 0 spiro atoms. The molecule has 0 aliphatic carbocycles. The van der Waals surface area contributed by atoms with Crippen LogP contribution >= 0.6 is 0 Å². The predicted molar refractivity (Wildman–Crippen MR) is 92.5 cm³/mol. The summed E-state index contributed by atoms with van der Waals surface area (Å²) in [6, 6.07) is 14.9. The van der Waals surface area contributed by atoms with Gasteiger partial charge in [-0.05, 0) is 38.6 Å². The number of aromatic nitrogens is 1. The van der Waals surface area contributed by atoms with E-state index in [2.05, 4.69) is 54.6 Å². The van der Waals surface area contributed by atoms with Crippen molar-refractivity contribution in [2.24, 2.45) is 0 Å². The van der Waals surface area contributed by atoms with Crippen molar-refractivity contribution in [1.29, 1.82) is 0 Å². The number of hydrogen-bond acceptors (Lipinski definition) is 2. The molecular formula is C19H25N3O. The zero-order chi connectivity index (χ0) is 16.4. The first-order valence-corrected chi connectivity index (χ1v) is 8.29. The molecule has 0 radical (unpaired) electrons. The Morgan fingerprint density at radius 1 is 1.09 bits per heavy atom. The first-order valence-electron chi connectivity index (χ1n) is 8.29. The van der Waals surface area contributed by atoms with Crippen LogP contribution in [0.4, 0.5) is 0 Å². The van der Waals surface area contributed by atoms with Crippen molar-refractivity contribution in [2.45, 2.75) is 25.9 Å². The van der Waals surface area contributed by atoms with Crippen molar-refractivity contribution in [3.8, 4) is 0 Å². The van der Waals surface area contributed by atoms with Crippen LogP contribution in [0, 0.1) is 0 Å². The van der Waals surface area contributed by atoms with Crippen molar-refractivity contribution in [3.63, 3.8) is 0 Å². The second-order valence-corrected chi connectivity index (χ2v) is 6.55. The molecule has 1 aromatic heterocycles. The van der Waals surface area contributed by atoms with Gasteiger partial charge in [-0.15, -0.1) is 0 Å². The van der Waals surface area contributed by atoms with Crippen LogP contribution in [0.5, 0.6) is 0 Å². The summed E-state index contributed by atoms with van der Waals surface area (Å²) >= 11 is 0. The molecule has 3 rings (SSSR count). The smallest absolute Gasteiger partial charge is 0.270 e. The topological polar surface area (TPSA) is 28.5 Å². The fraction of sp³-hybridized carbons (Fsp3) is 0.421. The maximum Gasteiger partial charge on any atom is 0.270 e. The van der Waals surface area contributed by atoms with Gasteiger partial charge in [0.2, 0.25) is 0 Å². The van der Waals surface area contributed by atoms with Gasteiger partial charge in [0, 0.05) is 31.9 Å². The third-order valence-corrected chi connectivity index (χ3v) is 4.67. The Bertz CT molecular complexity index is 662. The van der Waals surface area contributed by atoms with Crippen molar-refractivity contribution in [2.75, 3.05) is 26.7 Å². The Kier molecular flexibility index (Phi) is 4.53. The number of piperazine rings is 1. The molecule has 2 heterocycles.